The van der Waals surface area contributed by atoms with Gasteiger partial charge in [0.1, 0.15) is 12.1 Å². The lowest BCUT2D eigenvalue weighted by Gasteiger charge is -2.35. The monoisotopic (exact) mass is 375 g/mol. The number of nitrogens with one attached hydrogen (secondary N) is 1. The Labute approximate surface area is 149 Å². The molecule has 0 bridgehead atoms. The second kappa shape index (κ2) is 6.13. The number of hydrogen-bond donors (Lipinski definition) is 2. The number of halogens is 3. The highest BCUT2D eigenvalue weighted by Gasteiger charge is 2.69. The van der Waals surface area contributed by atoms with Gasteiger partial charge in [0, 0.05) is 6.54 Å². The number of carbonyl (C=O) groups excluding carboxylic acids is 3. The molecule has 3 aliphatic rings. The zero-order valence-electron chi connectivity index (χ0n) is 14.8. The third-order valence-corrected chi connectivity index (χ3v) is 6.44. The van der Waals surface area contributed by atoms with Crippen LogP contribution in [0.4, 0.5) is 13.2 Å². The predicted molar refractivity (Wildman–Crippen MR) is 85.4 cm³/mol. The number of hydrogen-bond acceptors (Lipinski definition) is 3. The summed E-state index contributed by atoms with van der Waals surface area (Å²) in [5.74, 6) is -3.28. The Morgan fingerprint density at radius 3 is 2.35 bits per heavy atom. The molecule has 1 heterocycles. The summed E-state index contributed by atoms with van der Waals surface area (Å²) in [6.07, 6.45) is -2.30. The highest BCUT2D eigenvalue weighted by molar-refractivity contribution is 5.93. The fraction of sp³-hybridized carbons (Fsp3) is 0.824. The first kappa shape index (κ1) is 19.0. The number of likely N-dealkylation sites (tertiary alicyclic amines) is 1. The van der Waals surface area contributed by atoms with Gasteiger partial charge in [-0.2, -0.15) is 13.2 Å². The molecule has 2 saturated carbocycles. The van der Waals surface area contributed by atoms with Gasteiger partial charge in [0.25, 0.3) is 0 Å². The minimum atomic E-state index is -5.06. The SMILES string of the molecule is CC1(C)C2CN(C(=O)[C@@H](CC3CCC3)NC(=O)C(F)(F)F)C(C(N)=O)C21. The summed E-state index contributed by atoms with van der Waals surface area (Å²) < 4.78 is 37.9. The van der Waals surface area contributed by atoms with Crippen LogP contribution in [0, 0.1) is 23.2 Å². The van der Waals surface area contributed by atoms with Gasteiger partial charge in [0.05, 0.1) is 0 Å². The van der Waals surface area contributed by atoms with E-state index >= 15 is 0 Å². The highest BCUT2D eigenvalue weighted by atomic mass is 19.4. The first-order chi connectivity index (χ1) is 11.9. The van der Waals surface area contributed by atoms with Crippen LogP contribution in [0.3, 0.4) is 0 Å². The molecule has 1 aliphatic heterocycles. The minimum absolute atomic E-state index is 0.0772. The Morgan fingerprint density at radius 1 is 1.27 bits per heavy atom. The zero-order chi connectivity index (χ0) is 19.4. The molecule has 146 valence electrons. The average molecular weight is 375 g/mol. The van der Waals surface area contributed by atoms with Crippen molar-refractivity contribution in [3.8, 4) is 0 Å². The lowest BCUT2D eigenvalue weighted by Crippen LogP contribution is -2.57. The van der Waals surface area contributed by atoms with Crippen molar-refractivity contribution in [2.75, 3.05) is 6.54 Å². The van der Waals surface area contributed by atoms with Crippen LogP contribution in [0.5, 0.6) is 0 Å². The Hall–Kier alpha value is -1.80. The third-order valence-electron chi connectivity index (χ3n) is 6.44. The Balaban J connectivity index is 1.76. The highest BCUT2D eigenvalue weighted by Crippen LogP contribution is 2.64. The molecule has 3 rings (SSSR count). The predicted octanol–water partition coefficient (Wildman–Crippen LogP) is 1.19. The number of nitrogens with zero attached hydrogens (tertiary/aromatic N) is 1. The molecular formula is C17H24F3N3O3. The van der Waals surface area contributed by atoms with Gasteiger partial charge in [-0.1, -0.05) is 33.1 Å². The summed E-state index contributed by atoms with van der Waals surface area (Å²) in [5.41, 5.74) is 5.36. The van der Waals surface area contributed by atoms with Crippen molar-refractivity contribution in [1.29, 1.82) is 0 Å². The molecule has 3 N–H and O–H groups in total. The molecule has 2 aliphatic carbocycles. The smallest absolute Gasteiger partial charge is 0.368 e. The van der Waals surface area contributed by atoms with Gasteiger partial charge in [0.15, 0.2) is 0 Å². The molecule has 3 amide bonds. The third kappa shape index (κ3) is 3.16. The lowest BCUT2D eigenvalue weighted by molar-refractivity contribution is -0.175. The minimum Gasteiger partial charge on any atom is -0.368 e. The average Bonchev–Trinajstić information content (AvgIpc) is 2.84. The molecule has 3 unspecified atom stereocenters. The van der Waals surface area contributed by atoms with Crippen LogP contribution >= 0.6 is 0 Å². The Morgan fingerprint density at radius 2 is 1.88 bits per heavy atom. The fourth-order valence-electron chi connectivity index (χ4n) is 4.56. The second-order valence-corrected chi connectivity index (χ2v) is 8.35. The molecular weight excluding hydrogens is 351 g/mol. The van der Waals surface area contributed by atoms with Crippen LogP contribution in [0.25, 0.3) is 0 Å². The molecule has 3 fully saturated rings. The topological polar surface area (TPSA) is 92.5 Å². The molecule has 6 nitrogen and oxygen atoms in total. The number of carbonyl (C=O) groups is 3. The van der Waals surface area contributed by atoms with Crippen LogP contribution in [0.1, 0.15) is 39.5 Å². The van der Waals surface area contributed by atoms with Crippen molar-refractivity contribution in [3.05, 3.63) is 0 Å². The molecule has 0 spiro atoms. The first-order valence-corrected chi connectivity index (χ1v) is 8.92. The standard InChI is InChI=1S/C17H24F3N3O3/c1-16(2)9-7-23(12(11(9)16)13(21)24)14(25)10(6-8-4-3-5-8)22-15(26)17(18,19)20/h8-12H,3-7H2,1-2H3,(H2,21,24)(H,22,26)/t9?,10-,11?,12?/m1/s1. The van der Waals surface area contributed by atoms with Gasteiger partial charge in [-0.25, -0.2) is 0 Å². The molecule has 26 heavy (non-hydrogen) atoms. The lowest BCUT2D eigenvalue weighted by atomic mass is 9.80. The van der Waals surface area contributed by atoms with Crippen molar-refractivity contribution in [2.45, 2.75) is 57.8 Å². The molecule has 9 heteroatoms. The van der Waals surface area contributed by atoms with E-state index in [2.05, 4.69) is 0 Å². The van der Waals surface area contributed by atoms with E-state index in [0.717, 1.165) is 19.3 Å². The van der Waals surface area contributed by atoms with E-state index in [4.69, 9.17) is 5.73 Å². The molecule has 4 atom stereocenters. The fourth-order valence-corrected chi connectivity index (χ4v) is 4.56. The maximum absolute atomic E-state index is 12.9. The molecule has 1 saturated heterocycles. The van der Waals surface area contributed by atoms with Gasteiger partial charge < -0.3 is 16.0 Å². The van der Waals surface area contributed by atoms with Crippen molar-refractivity contribution in [3.63, 3.8) is 0 Å². The van der Waals surface area contributed by atoms with Gasteiger partial charge in [-0.05, 0) is 29.6 Å². The van der Waals surface area contributed by atoms with Crippen LogP contribution < -0.4 is 11.1 Å². The summed E-state index contributed by atoms with van der Waals surface area (Å²) in [7, 11) is 0. The quantitative estimate of drug-likeness (QED) is 0.756. The van der Waals surface area contributed by atoms with Gasteiger partial charge >= 0.3 is 12.1 Å². The summed E-state index contributed by atoms with van der Waals surface area (Å²) in [6, 6.07) is -2.11. The van der Waals surface area contributed by atoms with Crippen molar-refractivity contribution >= 4 is 17.7 Å². The van der Waals surface area contributed by atoms with E-state index in [0.29, 0.717) is 0 Å². The number of rotatable bonds is 5. The van der Waals surface area contributed by atoms with Crippen LogP contribution in [-0.4, -0.2) is 47.4 Å². The number of primary amides is 1. The normalized spacial score (nSPS) is 31.0. The number of nitrogens with two attached hydrogens (primary N) is 1. The zero-order valence-corrected chi connectivity index (χ0v) is 14.8. The first-order valence-electron chi connectivity index (χ1n) is 8.92. The van der Waals surface area contributed by atoms with Crippen molar-refractivity contribution < 1.29 is 27.6 Å². The van der Waals surface area contributed by atoms with E-state index in [-0.39, 0.29) is 36.1 Å². The van der Waals surface area contributed by atoms with E-state index in [1.807, 2.05) is 19.2 Å². The number of amides is 3. The number of alkyl halides is 3. The molecule has 0 aromatic carbocycles. The Kier molecular flexibility index (Phi) is 4.47. The summed E-state index contributed by atoms with van der Waals surface area (Å²) in [4.78, 5) is 37.5. The molecule has 0 aromatic rings. The van der Waals surface area contributed by atoms with Crippen LogP contribution in [0.2, 0.25) is 0 Å². The largest absolute Gasteiger partial charge is 0.471 e. The summed E-state index contributed by atoms with van der Waals surface area (Å²) >= 11 is 0. The van der Waals surface area contributed by atoms with Crippen LogP contribution in [-0.2, 0) is 14.4 Å². The maximum atomic E-state index is 12.9. The molecule has 0 radical (unpaired) electrons. The second-order valence-electron chi connectivity index (χ2n) is 8.35. The number of piperidine rings is 1. The van der Waals surface area contributed by atoms with Crippen LogP contribution in [0.15, 0.2) is 0 Å². The van der Waals surface area contributed by atoms with Crippen molar-refractivity contribution in [2.24, 2.45) is 28.9 Å². The van der Waals surface area contributed by atoms with E-state index in [9.17, 15) is 27.6 Å². The van der Waals surface area contributed by atoms with Crippen molar-refractivity contribution in [1.82, 2.24) is 10.2 Å². The van der Waals surface area contributed by atoms with E-state index < -0.39 is 36.0 Å². The Bertz CT molecular complexity index is 630. The van der Waals surface area contributed by atoms with Gasteiger partial charge in [0.2, 0.25) is 11.8 Å². The van der Waals surface area contributed by atoms with E-state index in [1.54, 1.807) is 0 Å². The van der Waals surface area contributed by atoms with E-state index in [1.165, 1.54) is 4.90 Å². The maximum Gasteiger partial charge on any atom is 0.471 e. The van der Waals surface area contributed by atoms with Gasteiger partial charge in [-0.15, -0.1) is 0 Å². The number of fused-ring (bicyclic) bond motifs is 1. The summed E-state index contributed by atoms with van der Waals surface area (Å²) in [6.45, 7) is 4.25. The van der Waals surface area contributed by atoms with Gasteiger partial charge in [-0.3, -0.25) is 14.4 Å². The summed E-state index contributed by atoms with van der Waals surface area (Å²) in [5, 5.41) is 1.84. The molecule has 0 aromatic heterocycles.